The van der Waals surface area contributed by atoms with Crippen LogP contribution in [0.1, 0.15) is 37.6 Å². The zero-order valence-electron chi connectivity index (χ0n) is 13.0. The Kier molecular flexibility index (Phi) is 5.02. The minimum atomic E-state index is -0.0744. The van der Waals surface area contributed by atoms with E-state index < -0.39 is 0 Å². The van der Waals surface area contributed by atoms with Gasteiger partial charge < -0.3 is 15.0 Å². The van der Waals surface area contributed by atoms with Crippen LogP contribution >= 0.6 is 0 Å². The smallest absolute Gasteiger partial charge is 0.253 e. The number of nitrogens with zero attached hydrogens (tertiary/aromatic N) is 1. The van der Waals surface area contributed by atoms with Crippen molar-refractivity contribution >= 4 is 16.8 Å². The van der Waals surface area contributed by atoms with Crippen LogP contribution in [0.2, 0.25) is 0 Å². The lowest BCUT2D eigenvalue weighted by molar-refractivity contribution is 0.0936. The number of carbonyl (C=O) groups excluding carboxylic acids is 1. The van der Waals surface area contributed by atoms with Crippen LogP contribution in [0.3, 0.4) is 0 Å². The Balaban J connectivity index is 2.33. The lowest BCUT2D eigenvalue weighted by Gasteiger charge is -2.11. The van der Waals surface area contributed by atoms with E-state index in [0.717, 1.165) is 17.4 Å². The molecule has 0 saturated carbocycles. The molecule has 0 radical (unpaired) electrons. The summed E-state index contributed by atoms with van der Waals surface area (Å²) >= 11 is 0. The van der Waals surface area contributed by atoms with Gasteiger partial charge in [-0.05, 0) is 25.3 Å². The molecular weight excluding hydrogens is 264 g/mol. The number of para-hydroxylation sites is 1. The number of hydrogen-bond acceptors (Lipinski definition) is 2. The first-order valence-electron chi connectivity index (χ1n) is 7.52. The fraction of sp³-hybridized carbons (Fsp3) is 0.471. The van der Waals surface area contributed by atoms with Crippen molar-refractivity contribution < 1.29 is 9.90 Å². The van der Waals surface area contributed by atoms with E-state index >= 15 is 0 Å². The summed E-state index contributed by atoms with van der Waals surface area (Å²) in [6, 6.07) is 7.95. The Bertz CT molecular complexity index is 616. The highest BCUT2D eigenvalue weighted by Gasteiger charge is 2.16. The topological polar surface area (TPSA) is 54.3 Å². The van der Waals surface area contributed by atoms with Crippen LogP contribution in [0.4, 0.5) is 0 Å². The molecule has 2 aromatic rings. The van der Waals surface area contributed by atoms with Crippen molar-refractivity contribution in [1.82, 2.24) is 9.88 Å². The number of fused-ring (bicyclic) bond motifs is 1. The first kappa shape index (κ1) is 15.6. The molecule has 0 fully saturated rings. The van der Waals surface area contributed by atoms with E-state index in [4.69, 9.17) is 5.11 Å². The van der Waals surface area contributed by atoms with Gasteiger partial charge in [0.05, 0.1) is 5.56 Å². The van der Waals surface area contributed by atoms with Gasteiger partial charge >= 0.3 is 0 Å². The highest BCUT2D eigenvalue weighted by molar-refractivity contribution is 6.07. The van der Waals surface area contributed by atoms with Gasteiger partial charge in [0.25, 0.3) is 5.91 Å². The molecule has 0 bridgehead atoms. The van der Waals surface area contributed by atoms with Crippen LogP contribution in [0.5, 0.6) is 0 Å². The molecular formula is C17H24N2O2. The summed E-state index contributed by atoms with van der Waals surface area (Å²) in [4.78, 5) is 12.4. The van der Waals surface area contributed by atoms with Crippen molar-refractivity contribution in [3.05, 3.63) is 36.0 Å². The van der Waals surface area contributed by atoms with Gasteiger partial charge in [-0.3, -0.25) is 4.79 Å². The number of hydrogen-bond donors (Lipinski definition) is 2. The average molecular weight is 288 g/mol. The average Bonchev–Trinajstić information content (AvgIpc) is 2.77. The highest BCUT2D eigenvalue weighted by atomic mass is 16.3. The van der Waals surface area contributed by atoms with Gasteiger partial charge in [0, 0.05) is 36.3 Å². The number of nitrogens with one attached hydrogen (secondary N) is 1. The van der Waals surface area contributed by atoms with Crippen molar-refractivity contribution in [3.8, 4) is 0 Å². The van der Waals surface area contributed by atoms with Crippen LogP contribution in [0.25, 0.3) is 10.9 Å². The summed E-state index contributed by atoms with van der Waals surface area (Å²) in [7, 11) is 0. The number of rotatable bonds is 6. The summed E-state index contributed by atoms with van der Waals surface area (Å²) in [5.74, 6) is 0.444. The van der Waals surface area contributed by atoms with Crippen molar-refractivity contribution in [1.29, 1.82) is 0 Å². The zero-order chi connectivity index (χ0) is 15.4. The number of amides is 1. The van der Waals surface area contributed by atoms with Crippen LogP contribution in [-0.4, -0.2) is 28.2 Å². The van der Waals surface area contributed by atoms with Gasteiger partial charge in [0.2, 0.25) is 0 Å². The monoisotopic (exact) mass is 288 g/mol. The second-order valence-electron chi connectivity index (χ2n) is 5.99. The fourth-order valence-corrected chi connectivity index (χ4v) is 2.54. The Morgan fingerprint density at radius 2 is 2.00 bits per heavy atom. The highest BCUT2D eigenvalue weighted by Crippen LogP contribution is 2.22. The largest absolute Gasteiger partial charge is 0.396 e. The summed E-state index contributed by atoms with van der Waals surface area (Å²) in [6.45, 7) is 7.20. The normalized spacial score (nSPS) is 12.8. The number of aromatic nitrogens is 1. The molecule has 4 nitrogen and oxygen atoms in total. The van der Waals surface area contributed by atoms with E-state index in [9.17, 15) is 4.79 Å². The van der Waals surface area contributed by atoms with Crippen LogP contribution in [-0.2, 0) is 6.54 Å². The van der Waals surface area contributed by atoms with E-state index in [-0.39, 0.29) is 18.6 Å². The number of benzene rings is 1. The van der Waals surface area contributed by atoms with Crippen LogP contribution in [0, 0.1) is 5.92 Å². The van der Waals surface area contributed by atoms with Crippen molar-refractivity contribution in [2.75, 3.05) is 6.61 Å². The molecule has 1 unspecified atom stereocenters. The van der Waals surface area contributed by atoms with Gasteiger partial charge in [0.15, 0.2) is 0 Å². The van der Waals surface area contributed by atoms with E-state index in [1.54, 1.807) is 0 Å². The summed E-state index contributed by atoms with van der Waals surface area (Å²) < 4.78 is 2.14. The maximum absolute atomic E-state index is 12.4. The molecule has 1 aromatic heterocycles. The number of aliphatic hydroxyl groups is 1. The summed E-state index contributed by atoms with van der Waals surface area (Å²) in [5.41, 5.74) is 1.79. The van der Waals surface area contributed by atoms with Crippen molar-refractivity contribution in [2.45, 2.75) is 39.8 Å². The number of aliphatic hydroxyl groups excluding tert-OH is 1. The lowest BCUT2D eigenvalue weighted by atomic mass is 10.1. The van der Waals surface area contributed by atoms with E-state index in [0.29, 0.717) is 17.9 Å². The van der Waals surface area contributed by atoms with Gasteiger partial charge in [0.1, 0.15) is 0 Å². The van der Waals surface area contributed by atoms with Gasteiger partial charge in [-0.1, -0.05) is 32.0 Å². The fourth-order valence-electron chi connectivity index (χ4n) is 2.54. The van der Waals surface area contributed by atoms with E-state index in [2.05, 4.69) is 23.7 Å². The molecule has 0 aliphatic carbocycles. The summed E-state index contributed by atoms with van der Waals surface area (Å²) in [5, 5.41) is 12.9. The molecule has 0 aliphatic heterocycles. The Hall–Kier alpha value is -1.81. The molecule has 21 heavy (non-hydrogen) atoms. The minimum Gasteiger partial charge on any atom is -0.396 e. The molecule has 4 heteroatoms. The second-order valence-corrected chi connectivity index (χ2v) is 5.99. The third-order valence-electron chi connectivity index (χ3n) is 3.53. The van der Waals surface area contributed by atoms with Gasteiger partial charge in [-0.25, -0.2) is 0 Å². The zero-order valence-corrected chi connectivity index (χ0v) is 13.0. The molecule has 1 atom stereocenters. The maximum Gasteiger partial charge on any atom is 0.253 e. The van der Waals surface area contributed by atoms with Crippen LogP contribution < -0.4 is 5.32 Å². The Labute approximate surface area is 125 Å². The van der Waals surface area contributed by atoms with Crippen LogP contribution in [0.15, 0.2) is 30.5 Å². The van der Waals surface area contributed by atoms with E-state index in [1.165, 1.54) is 0 Å². The molecule has 114 valence electrons. The first-order chi connectivity index (χ1) is 10.0. The summed E-state index contributed by atoms with van der Waals surface area (Å²) in [6.07, 6.45) is 2.50. The molecule has 2 N–H and O–H groups in total. The molecule has 2 rings (SSSR count). The van der Waals surface area contributed by atoms with Crippen molar-refractivity contribution in [2.24, 2.45) is 5.92 Å². The predicted molar refractivity (Wildman–Crippen MR) is 85.4 cm³/mol. The molecule has 1 aromatic carbocycles. The third kappa shape index (κ3) is 3.64. The minimum absolute atomic E-state index is 0.0327. The maximum atomic E-state index is 12.4. The predicted octanol–water partition coefficient (Wildman–Crippen LogP) is 2.80. The first-order valence-corrected chi connectivity index (χ1v) is 7.52. The molecule has 0 aliphatic rings. The van der Waals surface area contributed by atoms with Gasteiger partial charge in [-0.15, -0.1) is 0 Å². The SMILES string of the molecule is CC(C)Cn1cc(C(=O)NC(C)CCO)c2ccccc21. The van der Waals surface area contributed by atoms with E-state index in [1.807, 2.05) is 37.4 Å². The molecule has 0 spiro atoms. The van der Waals surface area contributed by atoms with Gasteiger partial charge in [-0.2, -0.15) is 0 Å². The lowest BCUT2D eigenvalue weighted by Crippen LogP contribution is -2.33. The number of carbonyl (C=O) groups is 1. The Morgan fingerprint density at radius 3 is 2.67 bits per heavy atom. The molecule has 1 amide bonds. The third-order valence-corrected chi connectivity index (χ3v) is 3.53. The Morgan fingerprint density at radius 1 is 1.29 bits per heavy atom. The standard InChI is InChI=1S/C17H24N2O2/c1-12(2)10-19-11-15(14-6-4-5-7-16(14)19)17(21)18-13(3)8-9-20/h4-7,11-13,20H,8-10H2,1-3H3,(H,18,21). The molecule has 1 heterocycles. The molecule has 0 saturated heterocycles. The van der Waals surface area contributed by atoms with Crippen molar-refractivity contribution in [3.63, 3.8) is 0 Å². The quantitative estimate of drug-likeness (QED) is 0.859. The second kappa shape index (κ2) is 6.76.